The van der Waals surface area contributed by atoms with E-state index in [2.05, 4.69) is 4.26 Å². The standard InChI is InChI=1S/2C18H33P.C8H6.2ClH.Ru/c2*1-4-10-16(11-5-1)19(17-12-6-2-7-13-17)18-14-8-3-9-15-18;1-2-8-6-4-3-5-7-8;;;/h2*16-18H,1-15H2;2-7H;2*1H;/q;;;;;+2/p-2. The van der Waals surface area contributed by atoms with E-state index in [-0.39, 0.29) is 0 Å². The molecule has 0 amide bonds. The van der Waals surface area contributed by atoms with Gasteiger partial charge in [-0.15, -0.1) is 0 Å². The summed E-state index contributed by atoms with van der Waals surface area (Å²) in [6.45, 7) is 0. The molecular weight excluding hydrogens is 762 g/mol. The Kier molecular flexibility index (Phi) is 20.4. The van der Waals surface area contributed by atoms with Crippen molar-refractivity contribution in [3.8, 4) is 0 Å². The van der Waals surface area contributed by atoms with Crippen molar-refractivity contribution in [3.63, 3.8) is 0 Å². The van der Waals surface area contributed by atoms with Crippen molar-refractivity contribution in [2.75, 3.05) is 0 Å². The molecule has 6 saturated carbocycles. The van der Waals surface area contributed by atoms with Gasteiger partial charge in [-0.25, -0.2) is 0 Å². The summed E-state index contributed by atoms with van der Waals surface area (Å²) in [6.07, 6.45) is 49.1. The molecule has 0 nitrogen and oxygen atoms in total. The minimum absolute atomic E-state index is 0.385. The van der Waals surface area contributed by atoms with Crippen molar-refractivity contribution in [1.82, 2.24) is 0 Å². The van der Waals surface area contributed by atoms with Crippen LogP contribution in [0.5, 0.6) is 0 Å². The third-order valence-corrected chi connectivity index (χ3v) is 22.8. The first-order valence-electron chi connectivity index (χ1n) is 21.4. The molecule has 0 N–H and O–H groups in total. The summed E-state index contributed by atoms with van der Waals surface area (Å²) >= 11 is -1.74. The number of hydrogen-bond acceptors (Lipinski definition) is 0. The second-order valence-electron chi connectivity index (χ2n) is 16.5. The quantitative estimate of drug-likeness (QED) is 0.190. The van der Waals surface area contributed by atoms with E-state index in [0.29, 0.717) is 15.8 Å². The fourth-order valence-corrected chi connectivity index (χ4v) is 21.0. The molecule has 1 aromatic carbocycles. The Morgan fingerprint density at radius 1 is 0.408 bits per heavy atom. The van der Waals surface area contributed by atoms with E-state index in [4.69, 9.17) is 19.4 Å². The molecule has 280 valence electrons. The topological polar surface area (TPSA) is 0 Å². The summed E-state index contributed by atoms with van der Waals surface area (Å²) in [5.41, 5.74) is 8.23. The molecular formula is C44H72Cl2P2Ru. The molecule has 0 heterocycles. The van der Waals surface area contributed by atoms with E-state index in [9.17, 15) is 0 Å². The summed E-state index contributed by atoms with van der Waals surface area (Å²) in [5, 5.41) is 0. The molecule has 0 saturated heterocycles. The number of rotatable bonds is 7. The van der Waals surface area contributed by atoms with Crippen LogP contribution < -0.4 is 0 Å². The Hall–Kier alpha value is 0.933. The summed E-state index contributed by atoms with van der Waals surface area (Å²) in [7, 11) is 12.0. The van der Waals surface area contributed by atoms with Gasteiger partial charge >= 0.3 is 79.1 Å². The number of benzene rings is 1. The monoisotopic (exact) mass is 834 g/mol. The van der Waals surface area contributed by atoms with Gasteiger partial charge in [0, 0.05) is 0 Å². The molecule has 1 aromatic rings. The van der Waals surface area contributed by atoms with Crippen LogP contribution in [-0.2, 0) is 13.5 Å². The van der Waals surface area contributed by atoms with Gasteiger partial charge in [-0.2, -0.15) is 0 Å². The molecule has 0 radical (unpaired) electrons. The van der Waals surface area contributed by atoms with Crippen LogP contribution in [0.2, 0.25) is 0 Å². The number of halogens is 2. The van der Waals surface area contributed by atoms with Crippen molar-refractivity contribution in [2.24, 2.45) is 0 Å². The summed E-state index contributed by atoms with van der Waals surface area (Å²) < 4.78 is 2.91. The average molecular weight is 835 g/mol. The van der Waals surface area contributed by atoms with Crippen LogP contribution >= 0.6 is 35.2 Å². The van der Waals surface area contributed by atoms with Crippen molar-refractivity contribution >= 4 is 45.6 Å². The zero-order chi connectivity index (χ0) is 33.9. The third-order valence-electron chi connectivity index (χ3n) is 13.1. The first kappa shape index (κ1) is 41.1. The van der Waals surface area contributed by atoms with E-state index >= 15 is 0 Å². The molecule has 0 aromatic heterocycles. The van der Waals surface area contributed by atoms with Crippen LogP contribution in [0.4, 0.5) is 0 Å². The van der Waals surface area contributed by atoms with Gasteiger partial charge in [0.2, 0.25) is 0 Å². The van der Waals surface area contributed by atoms with E-state index < -0.39 is 13.5 Å². The Balaban J connectivity index is 0.000000149. The molecule has 6 aliphatic rings. The van der Waals surface area contributed by atoms with E-state index in [0.717, 1.165) is 5.56 Å². The van der Waals surface area contributed by atoms with Gasteiger partial charge in [0.25, 0.3) is 0 Å². The van der Waals surface area contributed by atoms with E-state index in [1.54, 1.807) is 154 Å². The normalized spacial score (nSPS) is 24.7. The fourth-order valence-electron chi connectivity index (χ4n) is 10.7. The van der Waals surface area contributed by atoms with Crippen LogP contribution in [0, 0.1) is 0 Å². The Labute approximate surface area is 319 Å². The Morgan fingerprint density at radius 3 is 0.878 bits per heavy atom. The van der Waals surface area contributed by atoms with Crippen LogP contribution in [-0.4, -0.2) is 38.2 Å². The van der Waals surface area contributed by atoms with Crippen LogP contribution in [0.1, 0.15) is 198 Å². The molecule has 0 atom stereocenters. The number of hydrogen-bond donors (Lipinski definition) is 0. The van der Waals surface area contributed by atoms with Crippen molar-refractivity contribution in [2.45, 2.75) is 227 Å². The third kappa shape index (κ3) is 14.6. The fraction of sp³-hybridized carbons (Fsp3) is 0.818. The molecule has 0 aliphatic heterocycles. The predicted molar refractivity (Wildman–Crippen MR) is 223 cm³/mol. The minimum atomic E-state index is -1.74. The van der Waals surface area contributed by atoms with Crippen molar-refractivity contribution < 1.29 is 13.5 Å². The molecule has 0 bridgehead atoms. The summed E-state index contributed by atoms with van der Waals surface area (Å²) in [6, 6.07) is 9.87. The average Bonchev–Trinajstić information content (AvgIpc) is 3.18. The second kappa shape index (κ2) is 24.4. The van der Waals surface area contributed by atoms with Gasteiger partial charge in [0.1, 0.15) is 0 Å². The molecule has 49 heavy (non-hydrogen) atoms. The zero-order valence-corrected chi connectivity index (χ0v) is 36.2. The van der Waals surface area contributed by atoms with E-state index in [1.807, 2.05) is 36.4 Å². The van der Waals surface area contributed by atoms with Gasteiger partial charge in [0.05, 0.1) is 0 Å². The van der Waals surface area contributed by atoms with Gasteiger partial charge in [0.15, 0.2) is 0 Å². The van der Waals surface area contributed by atoms with Crippen LogP contribution in [0.3, 0.4) is 0 Å². The van der Waals surface area contributed by atoms with Crippen LogP contribution in [0.25, 0.3) is 6.08 Å². The summed E-state index contributed by atoms with van der Waals surface area (Å²) in [5.74, 6) is 0. The first-order chi connectivity index (χ1) is 24.2. The molecule has 0 unspecified atom stereocenters. The van der Waals surface area contributed by atoms with Gasteiger partial charge in [-0.05, 0) is 111 Å². The molecule has 6 aliphatic carbocycles. The maximum absolute atomic E-state index is 5.59. The van der Waals surface area contributed by atoms with Gasteiger partial charge in [-0.3, -0.25) is 0 Å². The predicted octanol–water partition coefficient (Wildman–Crippen LogP) is 16.0. The zero-order valence-electron chi connectivity index (χ0n) is 31.1. The van der Waals surface area contributed by atoms with E-state index in [1.165, 1.54) is 72.5 Å². The van der Waals surface area contributed by atoms with Crippen LogP contribution in [0.15, 0.2) is 30.3 Å². The van der Waals surface area contributed by atoms with Gasteiger partial charge in [-0.1, -0.05) is 131 Å². The summed E-state index contributed by atoms with van der Waals surface area (Å²) in [4.78, 5) is 0. The van der Waals surface area contributed by atoms with Crippen molar-refractivity contribution in [1.29, 1.82) is 0 Å². The SMILES string of the molecule is C1CCC(P(C2CCCCC2)C2CCCCC2)CC1.C1CCC(P(C2CCCCC2)C2CCCCC2)CC1.[Cl][Ru]([Cl])=[C]=Cc1ccccc1. The first-order valence-corrected chi connectivity index (χ1v) is 29.8. The molecule has 7 rings (SSSR count). The second-order valence-corrected chi connectivity index (χ2v) is 28.0. The van der Waals surface area contributed by atoms with Crippen molar-refractivity contribution in [3.05, 3.63) is 35.9 Å². The Bertz CT molecular complexity index is 910. The van der Waals surface area contributed by atoms with Gasteiger partial charge < -0.3 is 0 Å². The molecule has 6 fully saturated rings. The molecule has 5 heteroatoms. The maximum atomic E-state index is 5.59. The Morgan fingerprint density at radius 2 is 0.653 bits per heavy atom. The molecule has 0 spiro atoms.